The van der Waals surface area contributed by atoms with E-state index in [1.54, 1.807) is 18.0 Å². The first-order valence-corrected chi connectivity index (χ1v) is 9.63. The number of benzene rings is 1. The Labute approximate surface area is 157 Å². The van der Waals surface area contributed by atoms with Crippen LogP contribution in [0.15, 0.2) is 35.8 Å². The van der Waals surface area contributed by atoms with E-state index in [1.165, 1.54) is 11.3 Å². The van der Waals surface area contributed by atoms with E-state index >= 15 is 0 Å². The topological polar surface area (TPSA) is 71.5 Å². The lowest BCUT2D eigenvalue weighted by Crippen LogP contribution is -2.48. The van der Waals surface area contributed by atoms with Crippen molar-refractivity contribution in [1.29, 1.82) is 0 Å². The first-order valence-electron chi connectivity index (χ1n) is 8.75. The molecule has 1 aromatic heterocycles. The lowest BCUT2D eigenvalue weighted by atomic mass is 9.97. The van der Waals surface area contributed by atoms with Crippen LogP contribution in [0.3, 0.4) is 0 Å². The molecule has 2 amide bonds. The molecule has 6 nitrogen and oxygen atoms in total. The normalized spacial score (nSPS) is 18.2. The summed E-state index contributed by atoms with van der Waals surface area (Å²) in [6.45, 7) is 4.82. The van der Waals surface area contributed by atoms with E-state index in [0.29, 0.717) is 24.0 Å². The molecule has 1 aliphatic rings. The fourth-order valence-electron chi connectivity index (χ4n) is 3.01. The standard InChI is InChI=1S/C19H23N3O3S/c1-13-5-7-16(8-6-13)25-14(2)18(24)22-10-3-4-15(12-22)17(23)21-19-20-9-11-26-19/h5-9,11,14-15H,3-4,10,12H2,1-2H3,(H,20,21,23). The third-order valence-corrected chi connectivity index (χ3v) is 5.14. The molecule has 3 rings (SSSR count). The van der Waals surface area contributed by atoms with E-state index in [0.717, 1.165) is 18.4 Å². The number of carbonyl (C=O) groups excluding carboxylic acids is 2. The summed E-state index contributed by atoms with van der Waals surface area (Å²) in [6.07, 6.45) is 2.65. The number of hydrogen-bond acceptors (Lipinski definition) is 5. The van der Waals surface area contributed by atoms with Gasteiger partial charge in [0.2, 0.25) is 5.91 Å². The second kappa shape index (κ2) is 8.31. The van der Waals surface area contributed by atoms with Crippen LogP contribution in [0.4, 0.5) is 5.13 Å². The Morgan fingerprint density at radius 2 is 2.12 bits per heavy atom. The van der Waals surface area contributed by atoms with Gasteiger partial charge in [0.1, 0.15) is 5.75 Å². The van der Waals surface area contributed by atoms with E-state index < -0.39 is 6.10 Å². The Balaban J connectivity index is 1.56. The average molecular weight is 373 g/mol. The quantitative estimate of drug-likeness (QED) is 0.874. The van der Waals surface area contributed by atoms with Gasteiger partial charge in [-0.3, -0.25) is 9.59 Å². The van der Waals surface area contributed by atoms with Crippen LogP contribution in [0, 0.1) is 12.8 Å². The zero-order valence-electron chi connectivity index (χ0n) is 15.0. The van der Waals surface area contributed by atoms with E-state index in [9.17, 15) is 9.59 Å². The Kier molecular flexibility index (Phi) is 5.88. The average Bonchev–Trinajstić information content (AvgIpc) is 3.16. The summed E-state index contributed by atoms with van der Waals surface area (Å²) in [7, 11) is 0. The number of anilines is 1. The molecule has 26 heavy (non-hydrogen) atoms. The van der Waals surface area contributed by atoms with E-state index in [2.05, 4.69) is 10.3 Å². The fraction of sp³-hybridized carbons (Fsp3) is 0.421. The highest BCUT2D eigenvalue weighted by atomic mass is 32.1. The van der Waals surface area contributed by atoms with Crippen LogP contribution in [0.25, 0.3) is 0 Å². The molecule has 0 aliphatic carbocycles. The second-order valence-corrected chi connectivity index (χ2v) is 7.42. The molecule has 0 spiro atoms. The van der Waals surface area contributed by atoms with Crippen molar-refractivity contribution in [3.05, 3.63) is 41.4 Å². The first kappa shape index (κ1) is 18.4. The number of thiazole rings is 1. The minimum absolute atomic E-state index is 0.0791. The van der Waals surface area contributed by atoms with Crippen molar-refractivity contribution in [2.24, 2.45) is 5.92 Å². The Morgan fingerprint density at radius 3 is 2.81 bits per heavy atom. The number of likely N-dealkylation sites (tertiary alicyclic amines) is 1. The summed E-state index contributed by atoms with van der Waals surface area (Å²) < 4.78 is 5.77. The van der Waals surface area contributed by atoms with Gasteiger partial charge in [-0.25, -0.2) is 4.98 Å². The van der Waals surface area contributed by atoms with Gasteiger partial charge in [0.15, 0.2) is 11.2 Å². The molecule has 0 saturated carbocycles. The zero-order chi connectivity index (χ0) is 18.5. The summed E-state index contributed by atoms with van der Waals surface area (Å²) in [5.74, 6) is 0.288. The number of rotatable bonds is 5. The van der Waals surface area contributed by atoms with E-state index in [4.69, 9.17) is 4.74 Å². The van der Waals surface area contributed by atoms with Crippen molar-refractivity contribution in [3.8, 4) is 5.75 Å². The number of hydrogen-bond donors (Lipinski definition) is 1. The van der Waals surface area contributed by atoms with Crippen molar-refractivity contribution in [2.75, 3.05) is 18.4 Å². The molecule has 2 aromatic rings. The molecule has 1 fully saturated rings. The van der Waals surface area contributed by atoms with Gasteiger partial charge in [-0.15, -0.1) is 11.3 Å². The van der Waals surface area contributed by atoms with Crippen LogP contribution >= 0.6 is 11.3 Å². The predicted octanol–water partition coefficient (Wildman–Crippen LogP) is 3.10. The number of aromatic nitrogens is 1. The largest absolute Gasteiger partial charge is 0.481 e. The summed E-state index contributed by atoms with van der Waals surface area (Å²) in [4.78, 5) is 30.9. The number of nitrogens with one attached hydrogen (secondary N) is 1. The molecule has 2 heterocycles. The van der Waals surface area contributed by atoms with Gasteiger partial charge in [0, 0.05) is 24.7 Å². The minimum Gasteiger partial charge on any atom is -0.481 e. The third kappa shape index (κ3) is 4.60. The van der Waals surface area contributed by atoms with Crippen molar-refractivity contribution in [2.45, 2.75) is 32.8 Å². The molecule has 138 valence electrons. The van der Waals surface area contributed by atoms with Crippen molar-refractivity contribution >= 4 is 28.3 Å². The van der Waals surface area contributed by atoms with Gasteiger partial charge in [0.05, 0.1) is 5.92 Å². The highest BCUT2D eigenvalue weighted by molar-refractivity contribution is 7.13. The Hall–Kier alpha value is -2.41. The lowest BCUT2D eigenvalue weighted by Gasteiger charge is -2.33. The molecule has 1 aliphatic heterocycles. The monoisotopic (exact) mass is 373 g/mol. The van der Waals surface area contributed by atoms with Gasteiger partial charge in [-0.2, -0.15) is 0 Å². The molecule has 7 heteroatoms. The number of aryl methyl sites for hydroxylation is 1. The Morgan fingerprint density at radius 1 is 1.35 bits per heavy atom. The van der Waals surface area contributed by atoms with Crippen LogP contribution in [-0.4, -0.2) is 40.9 Å². The van der Waals surface area contributed by atoms with Crippen molar-refractivity contribution in [3.63, 3.8) is 0 Å². The van der Waals surface area contributed by atoms with Crippen LogP contribution in [-0.2, 0) is 9.59 Å². The Bertz CT molecular complexity index is 746. The predicted molar refractivity (Wildman–Crippen MR) is 101 cm³/mol. The minimum atomic E-state index is -0.585. The molecule has 2 atom stereocenters. The second-order valence-electron chi connectivity index (χ2n) is 6.52. The molecular formula is C19H23N3O3S. The highest BCUT2D eigenvalue weighted by Gasteiger charge is 2.31. The lowest BCUT2D eigenvalue weighted by molar-refractivity contribution is -0.140. The molecule has 1 saturated heterocycles. The summed E-state index contributed by atoms with van der Waals surface area (Å²) in [5, 5.41) is 5.23. The van der Waals surface area contributed by atoms with Crippen molar-refractivity contribution < 1.29 is 14.3 Å². The first-order chi connectivity index (χ1) is 12.5. The van der Waals surface area contributed by atoms with Crippen LogP contribution < -0.4 is 10.1 Å². The van der Waals surface area contributed by atoms with E-state index in [-0.39, 0.29) is 17.7 Å². The molecular weight excluding hydrogens is 350 g/mol. The molecule has 1 aromatic carbocycles. The number of ether oxygens (including phenoxy) is 1. The molecule has 0 bridgehead atoms. The number of amides is 2. The zero-order valence-corrected chi connectivity index (χ0v) is 15.8. The van der Waals surface area contributed by atoms with Gasteiger partial charge >= 0.3 is 0 Å². The number of nitrogens with zero attached hydrogens (tertiary/aromatic N) is 2. The number of piperidine rings is 1. The number of carbonyl (C=O) groups is 2. The maximum Gasteiger partial charge on any atom is 0.263 e. The van der Waals surface area contributed by atoms with Gasteiger partial charge in [0.25, 0.3) is 5.91 Å². The van der Waals surface area contributed by atoms with Crippen molar-refractivity contribution in [1.82, 2.24) is 9.88 Å². The third-order valence-electron chi connectivity index (χ3n) is 4.45. The molecule has 2 unspecified atom stereocenters. The maximum absolute atomic E-state index is 12.7. The van der Waals surface area contributed by atoms with Gasteiger partial charge < -0.3 is 15.0 Å². The summed E-state index contributed by atoms with van der Waals surface area (Å²) in [6, 6.07) is 7.62. The fourth-order valence-corrected chi connectivity index (χ4v) is 3.54. The maximum atomic E-state index is 12.7. The SMILES string of the molecule is Cc1ccc(OC(C)C(=O)N2CCCC(C(=O)Nc3nccs3)C2)cc1. The summed E-state index contributed by atoms with van der Waals surface area (Å²) >= 11 is 1.39. The summed E-state index contributed by atoms with van der Waals surface area (Å²) in [5.41, 5.74) is 1.14. The van der Waals surface area contributed by atoms with Crippen LogP contribution in [0.1, 0.15) is 25.3 Å². The van der Waals surface area contributed by atoms with Gasteiger partial charge in [-0.05, 0) is 38.8 Å². The molecule has 1 N–H and O–H groups in total. The van der Waals surface area contributed by atoms with E-state index in [1.807, 2.05) is 36.6 Å². The van der Waals surface area contributed by atoms with Crippen LogP contribution in [0.2, 0.25) is 0 Å². The highest BCUT2D eigenvalue weighted by Crippen LogP contribution is 2.21. The van der Waals surface area contributed by atoms with Gasteiger partial charge in [-0.1, -0.05) is 17.7 Å². The molecule has 0 radical (unpaired) electrons. The van der Waals surface area contributed by atoms with Crippen LogP contribution in [0.5, 0.6) is 5.75 Å². The smallest absolute Gasteiger partial charge is 0.263 e.